The van der Waals surface area contributed by atoms with Gasteiger partial charge in [-0.15, -0.1) is 0 Å². The highest BCUT2D eigenvalue weighted by molar-refractivity contribution is 9.10. The lowest BCUT2D eigenvalue weighted by Crippen LogP contribution is -2.08. The molecule has 5 heteroatoms. The van der Waals surface area contributed by atoms with Gasteiger partial charge in [0.2, 0.25) is 0 Å². The third-order valence-electron chi connectivity index (χ3n) is 2.64. The molecular formula is C14H14BrClN2O. The Morgan fingerprint density at radius 3 is 2.89 bits per heavy atom. The van der Waals surface area contributed by atoms with E-state index in [-0.39, 0.29) is 0 Å². The fourth-order valence-corrected chi connectivity index (χ4v) is 2.41. The predicted molar refractivity (Wildman–Crippen MR) is 80.5 cm³/mol. The molecule has 0 atom stereocenters. The molecule has 1 aromatic carbocycles. The Bertz CT molecular complexity index is 563. The topological polar surface area (TPSA) is 34.1 Å². The van der Waals surface area contributed by atoms with E-state index in [1.54, 1.807) is 12.4 Å². The van der Waals surface area contributed by atoms with Crippen LogP contribution in [0, 0.1) is 0 Å². The fourth-order valence-electron chi connectivity index (χ4n) is 1.72. The first kappa shape index (κ1) is 14.3. The fraction of sp³-hybridized carbons (Fsp3) is 0.214. The molecule has 19 heavy (non-hydrogen) atoms. The maximum absolute atomic E-state index is 6.06. The van der Waals surface area contributed by atoms with Crippen LogP contribution in [0.15, 0.2) is 41.1 Å². The van der Waals surface area contributed by atoms with Crippen LogP contribution in [-0.4, -0.2) is 12.0 Å². The van der Waals surface area contributed by atoms with Crippen LogP contribution in [0.4, 0.5) is 0 Å². The quantitative estimate of drug-likeness (QED) is 0.898. The first-order chi connectivity index (χ1) is 9.22. The molecule has 0 aliphatic carbocycles. The number of pyridine rings is 1. The summed E-state index contributed by atoms with van der Waals surface area (Å²) in [5, 5.41) is 3.74. The third kappa shape index (κ3) is 3.69. The highest BCUT2D eigenvalue weighted by atomic mass is 79.9. The highest BCUT2D eigenvalue weighted by Crippen LogP contribution is 2.30. The number of aromatic nitrogens is 1. The molecule has 0 amide bonds. The highest BCUT2D eigenvalue weighted by Gasteiger charge is 2.09. The van der Waals surface area contributed by atoms with Gasteiger partial charge in [-0.25, -0.2) is 0 Å². The van der Waals surface area contributed by atoms with Crippen LogP contribution < -0.4 is 10.1 Å². The molecular weight excluding hydrogens is 328 g/mol. The summed E-state index contributed by atoms with van der Waals surface area (Å²) < 4.78 is 6.82. The number of nitrogens with zero attached hydrogens (tertiary/aromatic N) is 1. The lowest BCUT2D eigenvalue weighted by Gasteiger charge is -2.13. The molecule has 0 spiro atoms. The van der Waals surface area contributed by atoms with Crippen LogP contribution in [0.3, 0.4) is 0 Å². The van der Waals surface area contributed by atoms with Crippen LogP contribution in [0.5, 0.6) is 5.75 Å². The van der Waals surface area contributed by atoms with Gasteiger partial charge in [0.1, 0.15) is 12.4 Å². The Balaban J connectivity index is 2.17. The van der Waals surface area contributed by atoms with Gasteiger partial charge < -0.3 is 10.1 Å². The molecule has 100 valence electrons. The summed E-state index contributed by atoms with van der Waals surface area (Å²) in [6, 6.07) is 7.84. The van der Waals surface area contributed by atoms with Gasteiger partial charge in [-0.05, 0) is 35.1 Å². The number of rotatable bonds is 5. The summed E-state index contributed by atoms with van der Waals surface area (Å²) in [6.07, 6.45) is 3.33. The van der Waals surface area contributed by atoms with Crippen molar-refractivity contribution in [3.8, 4) is 5.75 Å². The van der Waals surface area contributed by atoms with Crippen LogP contribution >= 0.6 is 27.5 Å². The second-order valence-corrected chi connectivity index (χ2v) is 5.28. The normalized spacial score (nSPS) is 10.5. The van der Waals surface area contributed by atoms with E-state index in [1.807, 2.05) is 31.3 Å². The predicted octanol–water partition coefficient (Wildman–Crippen LogP) is 3.80. The molecule has 0 fully saturated rings. The van der Waals surface area contributed by atoms with Crippen molar-refractivity contribution in [1.29, 1.82) is 0 Å². The number of halogens is 2. The molecule has 3 nitrogen and oxygen atoms in total. The van der Waals surface area contributed by atoms with E-state index in [2.05, 4.69) is 26.2 Å². The van der Waals surface area contributed by atoms with Crippen molar-refractivity contribution in [1.82, 2.24) is 10.3 Å². The second-order valence-electron chi connectivity index (χ2n) is 4.01. The van der Waals surface area contributed by atoms with E-state index in [0.717, 1.165) is 27.9 Å². The van der Waals surface area contributed by atoms with Gasteiger partial charge in [0.25, 0.3) is 0 Å². The Morgan fingerprint density at radius 2 is 2.16 bits per heavy atom. The van der Waals surface area contributed by atoms with Gasteiger partial charge in [0.05, 0.1) is 9.50 Å². The lowest BCUT2D eigenvalue weighted by molar-refractivity contribution is 0.300. The van der Waals surface area contributed by atoms with Crippen molar-refractivity contribution in [3.63, 3.8) is 0 Å². The molecule has 0 aliphatic rings. The van der Waals surface area contributed by atoms with Crippen molar-refractivity contribution < 1.29 is 4.74 Å². The van der Waals surface area contributed by atoms with Crippen molar-refractivity contribution >= 4 is 27.5 Å². The van der Waals surface area contributed by atoms with Crippen LogP contribution in [0.2, 0.25) is 5.02 Å². The monoisotopic (exact) mass is 340 g/mol. The van der Waals surface area contributed by atoms with E-state index in [1.165, 1.54) is 0 Å². The number of para-hydroxylation sites is 1. The molecule has 0 radical (unpaired) electrons. The minimum absolute atomic E-state index is 0.417. The Morgan fingerprint density at radius 1 is 1.32 bits per heavy atom. The van der Waals surface area contributed by atoms with Gasteiger partial charge in [0, 0.05) is 30.1 Å². The van der Waals surface area contributed by atoms with Gasteiger partial charge in [0.15, 0.2) is 0 Å². The first-order valence-electron chi connectivity index (χ1n) is 5.85. The minimum Gasteiger partial charge on any atom is -0.487 e. The molecule has 0 saturated carbocycles. The SMILES string of the molecule is CNCc1cccc(Br)c1OCc1ccncc1Cl. The minimum atomic E-state index is 0.417. The molecule has 0 unspecified atom stereocenters. The summed E-state index contributed by atoms with van der Waals surface area (Å²) >= 11 is 9.58. The molecule has 2 aromatic rings. The molecule has 1 N–H and O–H groups in total. The number of ether oxygens (including phenoxy) is 1. The average Bonchev–Trinajstić information content (AvgIpc) is 2.40. The number of nitrogens with one attached hydrogen (secondary N) is 1. The summed E-state index contributed by atoms with van der Waals surface area (Å²) in [6.45, 7) is 1.17. The van der Waals surface area contributed by atoms with Gasteiger partial charge in [-0.2, -0.15) is 0 Å². The number of hydrogen-bond donors (Lipinski definition) is 1. The standard InChI is InChI=1S/C14H14BrClN2O/c1-17-7-10-3-2-4-12(15)14(10)19-9-11-5-6-18-8-13(11)16/h2-6,8,17H,7,9H2,1H3. The Kier molecular flexibility index (Phi) is 5.19. The maximum atomic E-state index is 6.06. The summed E-state index contributed by atoms with van der Waals surface area (Å²) in [7, 11) is 1.91. The van der Waals surface area contributed by atoms with E-state index in [0.29, 0.717) is 11.6 Å². The van der Waals surface area contributed by atoms with E-state index in [4.69, 9.17) is 16.3 Å². The zero-order valence-corrected chi connectivity index (χ0v) is 12.8. The molecule has 1 heterocycles. The van der Waals surface area contributed by atoms with Gasteiger partial charge in [-0.1, -0.05) is 23.7 Å². The second kappa shape index (κ2) is 6.89. The van der Waals surface area contributed by atoms with Crippen LogP contribution in [0.1, 0.15) is 11.1 Å². The van der Waals surface area contributed by atoms with Crippen LogP contribution in [0.25, 0.3) is 0 Å². The lowest BCUT2D eigenvalue weighted by atomic mass is 10.2. The number of benzene rings is 1. The van der Waals surface area contributed by atoms with Gasteiger partial charge in [-0.3, -0.25) is 4.98 Å². The zero-order valence-electron chi connectivity index (χ0n) is 10.5. The molecule has 0 bridgehead atoms. The molecule has 0 saturated heterocycles. The largest absolute Gasteiger partial charge is 0.487 e. The molecule has 1 aromatic heterocycles. The summed E-state index contributed by atoms with van der Waals surface area (Å²) in [4.78, 5) is 3.96. The average molecular weight is 342 g/mol. The molecule has 0 aliphatic heterocycles. The maximum Gasteiger partial charge on any atom is 0.138 e. The smallest absolute Gasteiger partial charge is 0.138 e. The van der Waals surface area contributed by atoms with Crippen molar-refractivity contribution in [2.75, 3.05) is 7.05 Å². The number of hydrogen-bond acceptors (Lipinski definition) is 3. The zero-order chi connectivity index (χ0) is 13.7. The first-order valence-corrected chi connectivity index (χ1v) is 7.02. The van der Waals surface area contributed by atoms with Crippen molar-refractivity contribution in [2.24, 2.45) is 0 Å². The van der Waals surface area contributed by atoms with E-state index >= 15 is 0 Å². The van der Waals surface area contributed by atoms with Crippen molar-refractivity contribution in [3.05, 3.63) is 57.3 Å². The Hall–Kier alpha value is -1.10. The van der Waals surface area contributed by atoms with E-state index < -0.39 is 0 Å². The van der Waals surface area contributed by atoms with Crippen LogP contribution in [-0.2, 0) is 13.2 Å². The third-order valence-corrected chi connectivity index (χ3v) is 3.61. The van der Waals surface area contributed by atoms with E-state index in [9.17, 15) is 0 Å². The molecule has 2 rings (SSSR count). The Labute approximate surface area is 126 Å². The van der Waals surface area contributed by atoms with Gasteiger partial charge >= 0.3 is 0 Å². The summed E-state index contributed by atoms with van der Waals surface area (Å²) in [5.41, 5.74) is 2.02. The van der Waals surface area contributed by atoms with Crippen molar-refractivity contribution in [2.45, 2.75) is 13.2 Å². The summed E-state index contributed by atoms with van der Waals surface area (Å²) in [5.74, 6) is 0.838.